The lowest BCUT2D eigenvalue weighted by Gasteiger charge is -2.10. The van der Waals surface area contributed by atoms with E-state index in [0.29, 0.717) is 23.2 Å². The number of hydrogen-bond donors (Lipinski definition) is 1. The van der Waals surface area contributed by atoms with Crippen LogP contribution in [0.1, 0.15) is 30.9 Å². The van der Waals surface area contributed by atoms with Crippen LogP contribution in [-0.4, -0.2) is 0 Å². The molecule has 2 rings (SSSR count). The summed E-state index contributed by atoms with van der Waals surface area (Å²) in [6, 6.07) is 13.7. The highest BCUT2D eigenvalue weighted by Crippen LogP contribution is 2.30. The fraction of sp³-hybridized carbons (Fsp3) is 0.250. The van der Waals surface area contributed by atoms with Crippen molar-refractivity contribution in [1.29, 1.82) is 0 Å². The van der Waals surface area contributed by atoms with Crippen molar-refractivity contribution in [2.45, 2.75) is 26.3 Å². The summed E-state index contributed by atoms with van der Waals surface area (Å²) in [4.78, 5) is 0. The molecule has 0 heterocycles. The van der Waals surface area contributed by atoms with Gasteiger partial charge in [0, 0.05) is 6.54 Å². The minimum absolute atomic E-state index is 0.475. The molecule has 0 spiro atoms. The lowest BCUT2D eigenvalue weighted by molar-refractivity contribution is 0.482. The molecule has 100 valence electrons. The van der Waals surface area contributed by atoms with Gasteiger partial charge in [-0.05, 0) is 41.3 Å². The van der Waals surface area contributed by atoms with Crippen LogP contribution in [0.25, 0.3) is 0 Å². The number of nitrogens with two attached hydrogens (primary N) is 1. The van der Waals surface area contributed by atoms with Gasteiger partial charge in [0.15, 0.2) is 0 Å². The summed E-state index contributed by atoms with van der Waals surface area (Å²) in [5.74, 6) is 1.95. The third kappa shape index (κ3) is 3.49. The maximum absolute atomic E-state index is 6.16. The summed E-state index contributed by atoms with van der Waals surface area (Å²) in [7, 11) is 0. The van der Waals surface area contributed by atoms with Crippen LogP contribution in [0.5, 0.6) is 11.5 Å². The van der Waals surface area contributed by atoms with E-state index in [1.807, 2.05) is 30.3 Å². The van der Waals surface area contributed by atoms with Gasteiger partial charge in [-0.3, -0.25) is 0 Å². The maximum atomic E-state index is 6.16. The van der Waals surface area contributed by atoms with E-state index in [4.69, 9.17) is 22.1 Å². The van der Waals surface area contributed by atoms with Crippen LogP contribution < -0.4 is 10.5 Å². The van der Waals surface area contributed by atoms with Gasteiger partial charge in [0.25, 0.3) is 0 Å². The predicted octanol–water partition coefficient (Wildman–Crippen LogP) is 4.71. The van der Waals surface area contributed by atoms with Gasteiger partial charge < -0.3 is 10.5 Å². The van der Waals surface area contributed by atoms with Crippen LogP contribution in [0.2, 0.25) is 5.02 Å². The molecule has 0 amide bonds. The van der Waals surface area contributed by atoms with Crippen LogP contribution >= 0.6 is 11.6 Å². The summed E-state index contributed by atoms with van der Waals surface area (Å²) >= 11 is 6.16. The van der Waals surface area contributed by atoms with E-state index in [-0.39, 0.29) is 0 Å². The van der Waals surface area contributed by atoms with Crippen molar-refractivity contribution in [3.05, 3.63) is 58.6 Å². The second-order valence-electron chi connectivity index (χ2n) is 4.79. The molecule has 2 N–H and O–H groups in total. The Labute approximate surface area is 119 Å². The fourth-order valence-electron chi connectivity index (χ4n) is 1.80. The van der Waals surface area contributed by atoms with Crippen molar-refractivity contribution in [3.8, 4) is 11.5 Å². The zero-order chi connectivity index (χ0) is 13.8. The smallest absolute Gasteiger partial charge is 0.146 e. The first kappa shape index (κ1) is 13.9. The Balaban J connectivity index is 2.16. The van der Waals surface area contributed by atoms with Gasteiger partial charge >= 0.3 is 0 Å². The Hall–Kier alpha value is -1.51. The Morgan fingerprint density at radius 3 is 2.32 bits per heavy atom. The SMILES string of the molecule is CC(C)c1ccc(Oc2ccc(CN)cc2Cl)cc1. The molecule has 0 aliphatic carbocycles. The zero-order valence-electron chi connectivity index (χ0n) is 11.2. The molecule has 0 saturated carbocycles. The van der Waals surface area contributed by atoms with Crippen molar-refractivity contribution in [3.63, 3.8) is 0 Å². The molecule has 2 aromatic rings. The lowest BCUT2D eigenvalue weighted by Crippen LogP contribution is -1.96. The number of ether oxygens (including phenoxy) is 1. The summed E-state index contributed by atoms with van der Waals surface area (Å²) < 4.78 is 5.77. The molecule has 0 radical (unpaired) electrons. The van der Waals surface area contributed by atoms with Crippen molar-refractivity contribution >= 4 is 11.6 Å². The largest absolute Gasteiger partial charge is 0.456 e. The highest BCUT2D eigenvalue weighted by atomic mass is 35.5. The molecule has 0 aliphatic heterocycles. The van der Waals surface area contributed by atoms with Gasteiger partial charge in [-0.15, -0.1) is 0 Å². The molecule has 0 atom stereocenters. The molecule has 19 heavy (non-hydrogen) atoms. The Kier molecular flexibility index (Phi) is 4.46. The molecule has 0 bridgehead atoms. The summed E-state index contributed by atoms with van der Waals surface area (Å²) in [5, 5.41) is 0.580. The summed E-state index contributed by atoms with van der Waals surface area (Å²) in [6.45, 7) is 4.81. The lowest BCUT2D eigenvalue weighted by atomic mass is 10.0. The highest BCUT2D eigenvalue weighted by molar-refractivity contribution is 6.32. The fourth-order valence-corrected chi connectivity index (χ4v) is 2.04. The van der Waals surface area contributed by atoms with Crippen LogP contribution in [0, 0.1) is 0 Å². The van der Waals surface area contributed by atoms with Crippen molar-refractivity contribution in [1.82, 2.24) is 0 Å². The van der Waals surface area contributed by atoms with Gasteiger partial charge in [0.2, 0.25) is 0 Å². The van der Waals surface area contributed by atoms with Crippen LogP contribution in [0.4, 0.5) is 0 Å². The van der Waals surface area contributed by atoms with E-state index in [1.165, 1.54) is 5.56 Å². The molecule has 0 fully saturated rings. The Bertz CT molecular complexity index is 549. The number of rotatable bonds is 4. The molecular weight excluding hydrogens is 258 g/mol. The van der Waals surface area contributed by atoms with Gasteiger partial charge in [-0.1, -0.05) is 43.6 Å². The highest BCUT2D eigenvalue weighted by Gasteiger charge is 2.05. The van der Waals surface area contributed by atoms with E-state index in [1.54, 1.807) is 0 Å². The second-order valence-corrected chi connectivity index (χ2v) is 5.20. The molecule has 0 saturated heterocycles. The van der Waals surface area contributed by atoms with Gasteiger partial charge in [0.1, 0.15) is 11.5 Å². The average molecular weight is 276 g/mol. The van der Waals surface area contributed by atoms with Crippen LogP contribution in [0.3, 0.4) is 0 Å². The molecular formula is C16H18ClNO. The van der Waals surface area contributed by atoms with Crippen molar-refractivity contribution < 1.29 is 4.74 Å². The average Bonchev–Trinajstić information content (AvgIpc) is 2.41. The standard InChI is InChI=1S/C16H18ClNO/c1-11(2)13-4-6-14(7-5-13)19-16-8-3-12(10-18)9-15(16)17/h3-9,11H,10,18H2,1-2H3. The monoisotopic (exact) mass is 275 g/mol. The molecule has 0 unspecified atom stereocenters. The van der Waals surface area contributed by atoms with E-state index >= 15 is 0 Å². The van der Waals surface area contributed by atoms with E-state index in [2.05, 4.69) is 26.0 Å². The Morgan fingerprint density at radius 1 is 1.11 bits per heavy atom. The van der Waals surface area contributed by atoms with Crippen molar-refractivity contribution in [2.75, 3.05) is 0 Å². The topological polar surface area (TPSA) is 35.2 Å². The van der Waals surface area contributed by atoms with Crippen LogP contribution in [0.15, 0.2) is 42.5 Å². The molecule has 0 aromatic heterocycles. The quantitative estimate of drug-likeness (QED) is 0.877. The summed E-state index contributed by atoms with van der Waals surface area (Å²) in [6.07, 6.45) is 0. The number of benzene rings is 2. The first-order chi connectivity index (χ1) is 9.10. The Morgan fingerprint density at radius 2 is 1.79 bits per heavy atom. The molecule has 2 aromatic carbocycles. The summed E-state index contributed by atoms with van der Waals surface area (Å²) in [5.41, 5.74) is 7.85. The predicted molar refractivity (Wildman–Crippen MR) is 79.9 cm³/mol. The first-order valence-electron chi connectivity index (χ1n) is 6.36. The van der Waals surface area contributed by atoms with Gasteiger partial charge in [-0.25, -0.2) is 0 Å². The number of hydrogen-bond acceptors (Lipinski definition) is 2. The van der Waals surface area contributed by atoms with E-state index in [9.17, 15) is 0 Å². The first-order valence-corrected chi connectivity index (χ1v) is 6.74. The molecule has 0 aliphatic rings. The molecule has 3 heteroatoms. The van der Waals surface area contributed by atoms with Crippen LogP contribution in [-0.2, 0) is 6.54 Å². The van der Waals surface area contributed by atoms with Gasteiger partial charge in [-0.2, -0.15) is 0 Å². The molecule has 2 nitrogen and oxygen atoms in total. The minimum Gasteiger partial charge on any atom is -0.456 e. The third-order valence-electron chi connectivity index (χ3n) is 3.01. The second kappa shape index (κ2) is 6.09. The van der Waals surface area contributed by atoms with Gasteiger partial charge in [0.05, 0.1) is 5.02 Å². The minimum atomic E-state index is 0.475. The van der Waals surface area contributed by atoms with E-state index < -0.39 is 0 Å². The van der Waals surface area contributed by atoms with E-state index in [0.717, 1.165) is 11.3 Å². The zero-order valence-corrected chi connectivity index (χ0v) is 11.9. The number of halogens is 1. The maximum Gasteiger partial charge on any atom is 0.146 e. The normalized spacial score (nSPS) is 10.8. The van der Waals surface area contributed by atoms with Crippen molar-refractivity contribution in [2.24, 2.45) is 5.73 Å². The third-order valence-corrected chi connectivity index (χ3v) is 3.30.